The second-order valence-electron chi connectivity index (χ2n) is 11.4. The van der Waals surface area contributed by atoms with Crippen molar-refractivity contribution in [2.24, 2.45) is 20.5 Å². The lowest BCUT2D eigenvalue weighted by molar-refractivity contribution is 0.472. The summed E-state index contributed by atoms with van der Waals surface area (Å²) in [7, 11) is -8.90. The highest BCUT2D eigenvalue weighted by atomic mass is 32.2. The van der Waals surface area contributed by atoms with Crippen LogP contribution in [0.3, 0.4) is 0 Å². The van der Waals surface area contributed by atoms with E-state index in [9.17, 15) is 26.5 Å². The number of aryl methyl sites for hydroxylation is 3. The highest BCUT2D eigenvalue weighted by Gasteiger charge is 2.25. The number of nitrogen functional groups attached to an aromatic ring is 1. The van der Waals surface area contributed by atoms with Gasteiger partial charge < -0.3 is 10.8 Å². The van der Waals surface area contributed by atoms with Gasteiger partial charge in [0.1, 0.15) is 16.3 Å². The summed E-state index contributed by atoms with van der Waals surface area (Å²) in [6.45, 7) is 5.53. The van der Waals surface area contributed by atoms with Crippen molar-refractivity contribution in [3.8, 4) is 5.75 Å². The van der Waals surface area contributed by atoms with Gasteiger partial charge in [-0.05, 0) is 97.3 Å². The summed E-state index contributed by atoms with van der Waals surface area (Å²) in [5, 5.41) is 29.7. The van der Waals surface area contributed by atoms with Crippen molar-refractivity contribution < 1.29 is 26.5 Å². The number of nitrogens with two attached hydrogens (primary N) is 1. The van der Waals surface area contributed by atoms with Crippen LogP contribution in [0.15, 0.2) is 127 Å². The van der Waals surface area contributed by atoms with Crippen molar-refractivity contribution >= 4 is 75.8 Å². The summed E-state index contributed by atoms with van der Waals surface area (Å²) in [5.74, 6) is -0.660. The summed E-state index contributed by atoms with van der Waals surface area (Å²) in [4.78, 5) is -0.762. The minimum atomic E-state index is -4.90. The molecule has 6 aromatic carbocycles. The molecule has 6 aromatic rings. The van der Waals surface area contributed by atoms with Gasteiger partial charge in [0.2, 0.25) is 0 Å². The van der Waals surface area contributed by atoms with Crippen LogP contribution in [-0.2, 0) is 20.1 Å². The molecule has 0 radical (unpaired) electrons. The normalized spacial score (nSPS) is 12.4. The van der Waals surface area contributed by atoms with Crippen molar-refractivity contribution in [1.29, 1.82) is 0 Å². The molecule has 0 saturated carbocycles. The zero-order valence-corrected chi connectivity index (χ0v) is 28.1. The highest BCUT2D eigenvalue weighted by molar-refractivity contribution is 7.92. The second kappa shape index (κ2) is 12.7. The van der Waals surface area contributed by atoms with Gasteiger partial charge in [0, 0.05) is 5.39 Å². The Labute approximate surface area is 282 Å². The second-order valence-corrected chi connectivity index (χ2v) is 14.5. The van der Waals surface area contributed by atoms with Crippen LogP contribution in [0, 0.1) is 20.8 Å². The molecule has 0 unspecified atom stereocenters. The van der Waals surface area contributed by atoms with E-state index in [1.165, 1.54) is 24.3 Å². The van der Waals surface area contributed by atoms with Crippen LogP contribution in [0.1, 0.15) is 16.7 Å². The number of benzene rings is 6. The van der Waals surface area contributed by atoms with Gasteiger partial charge in [-0.25, -0.2) is 8.42 Å². The number of aromatic hydroxyl groups is 1. The van der Waals surface area contributed by atoms with E-state index >= 15 is 0 Å². The summed E-state index contributed by atoms with van der Waals surface area (Å²) < 4.78 is 64.0. The first kappa shape index (κ1) is 33.2. The largest absolute Gasteiger partial charge is 0.505 e. The third-order valence-corrected chi connectivity index (χ3v) is 10.1. The summed E-state index contributed by atoms with van der Waals surface area (Å²) >= 11 is 0. The van der Waals surface area contributed by atoms with Crippen LogP contribution in [0.5, 0.6) is 5.75 Å². The minimum Gasteiger partial charge on any atom is -0.505 e. The van der Waals surface area contributed by atoms with Crippen LogP contribution in [0.4, 0.5) is 34.1 Å². The molecule has 6 rings (SSSR count). The van der Waals surface area contributed by atoms with Crippen molar-refractivity contribution in [3.63, 3.8) is 0 Å². The topological polar surface area (TPSA) is 196 Å². The molecule has 0 aromatic heterocycles. The number of hydrogen-bond acceptors (Lipinski definition) is 10. The maximum atomic E-state index is 13.3. The van der Waals surface area contributed by atoms with Crippen LogP contribution in [0.2, 0.25) is 0 Å². The first-order chi connectivity index (χ1) is 23.2. The Morgan fingerprint density at radius 1 is 0.653 bits per heavy atom. The summed E-state index contributed by atoms with van der Waals surface area (Å²) in [6.07, 6.45) is 0. The number of phenols is 1. The molecule has 0 saturated heterocycles. The van der Waals surface area contributed by atoms with Crippen LogP contribution >= 0.6 is 0 Å². The number of phenolic OH excluding ortho intramolecular Hbond substituents is 1. The van der Waals surface area contributed by atoms with Gasteiger partial charge in [0.15, 0.2) is 5.75 Å². The van der Waals surface area contributed by atoms with Gasteiger partial charge in [-0.3, -0.25) is 9.27 Å². The van der Waals surface area contributed by atoms with Crippen molar-refractivity contribution in [2.75, 3.05) is 10.5 Å². The molecule has 0 aliphatic rings. The predicted molar refractivity (Wildman–Crippen MR) is 190 cm³/mol. The first-order valence-electron chi connectivity index (χ1n) is 14.8. The lowest BCUT2D eigenvalue weighted by Crippen LogP contribution is -2.13. The molecule has 0 bridgehead atoms. The molecule has 5 N–H and O–H groups in total. The third kappa shape index (κ3) is 6.69. The standard InChI is InChI=1S/C35H30N6O6S2/c1-20-10-12-25(13-11-20)37-39-33-22(3)18-24-19-29(49(45,46)47)34(35(42)31(24)32(33)36)40-38-26-14-16-27(17-15-26)48(43,44)41-28-9-5-8-23-7-4-6-21(2)30(23)28/h4-19,41-42H,36H2,1-3H3,(H,45,46,47). The zero-order valence-electron chi connectivity index (χ0n) is 26.4. The molecule has 0 atom stereocenters. The van der Waals surface area contributed by atoms with Crippen molar-refractivity contribution in [3.05, 3.63) is 114 Å². The van der Waals surface area contributed by atoms with Crippen LogP contribution in [0.25, 0.3) is 21.5 Å². The number of hydrogen-bond donors (Lipinski definition) is 4. The van der Waals surface area contributed by atoms with Gasteiger partial charge in [-0.15, -0.1) is 10.2 Å². The van der Waals surface area contributed by atoms with E-state index in [0.29, 0.717) is 16.9 Å². The molecule has 248 valence electrons. The van der Waals surface area contributed by atoms with Crippen molar-refractivity contribution in [1.82, 2.24) is 0 Å². The van der Waals surface area contributed by atoms with Gasteiger partial charge in [-0.2, -0.15) is 18.6 Å². The van der Waals surface area contributed by atoms with E-state index in [0.717, 1.165) is 28.0 Å². The number of nitrogens with one attached hydrogen (secondary N) is 1. The molecule has 12 nitrogen and oxygen atoms in total. The molecule has 0 amide bonds. The van der Waals surface area contributed by atoms with Crippen molar-refractivity contribution in [2.45, 2.75) is 30.6 Å². The molecule has 0 aliphatic carbocycles. The van der Waals surface area contributed by atoms with E-state index < -0.39 is 36.5 Å². The van der Waals surface area contributed by atoms with Gasteiger partial charge in [0.05, 0.1) is 33.0 Å². The Morgan fingerprint density at radius 2 is 1.24 bits per heavy atom. The van der Waals surface area contributed by atoms with E-state index in [1.54, 1.807) is 37.3 Å². The fourth-order valence-electron chi connectivity index (χ4n) is 5.45. The first-order valence-corrected chi connectivity index (χ1v) is 17.7. The number of anilines is 2. The number of sulfonamides is 1. The molecule has 0 aliphatic heterocycles. The SMILES string of the molecule is Cc1ccc(N=Nc2c(C)cc3cc(S(=O)(=O)O)c(N=Nc4ccc(S(=O)(=O)Nc5cccc6cccc(C)c56)cc4)c(O)c3c2N)cc1. The Hall–Kier alpha value is -5.70. The number of fused-ring (bicyclic) bond motifs is 2. The molecule has 49 heavy (non-hydrogen) atoms. The Balaban J connectivity index is 1.35. The lowest BCUT2D eigenvalue weighted by Gasteiger charge is -2.13. The van der Waals surface area contributed by atoms with Crippen LogP contribution in [-0.4, -0.2) is 26.5 Å². The van der Waals surface area contributed by atoms with Gasteiger partial charge in [0.25, 0.3) is 20.1 Å². The van der Waals surface area contributed by atoms with E-state index in [-0.39, 0.29) is 32.7 Å². The quantitative estimate of drug-likeness (QED) is 0.0692. The lowest BCUT2D eigenvalue weighted by atomic mass is 10.0. The van der Waals surface area contributed by atoms with E-state index in [2.05, 4.69) is 25.2 Å². The smallest absolute Gasteiger partial charge is 0.296 e. The fourth-order valence-corrected chi connectivity index (χ4v) is 7.17. The average Bonchev–Trinajstić information content (AvgIpc) is 3.04. The number of rotatable bonds is 8. The highest BCUT2D eigenvalue weighted by Crippen LogP contribution is 2.47. The maximum absolute atomic E-state index is 13.3. The van der Waals surface area contributed by atoms with E-state index in [4.69, 9.17) is 5.73 Å². The zero-order chi connectivity index (χ0) is 35.1. The molecular weight excluding hydrogens is 665 g/mol. The number of nitrogens with zero attached hydrogens (tertiary/aromatic N) is 4. The Morgan fingerprint density at radius 3 is 1.88 bits per heavy atom. The monoisotopic (exact) mass is 694 g/mol. The molecule has 0 spiro atoms. The summed E-state index contributed by atoms with van der Waals surface area (Å²) in [6, 6.07) is 26.4. The van der Waals surface area contributed by atoms with Gasteiger partial charge in [-0.1, -0.05) is 48.0 Å². The predicted octanol–water partition coefficient (Wildman–Crippen LogP) is 9.08. The Bertz CT molecular complexity index is 2550. The summed E-state index contributed by atoms with van der Waals surface area (Å²) in [5.41, 5.74) is 9.74. The molecule has 0 heterocycles. The van der Waals surface area contributed by atoms with Crippen LogP contribution < -0.4 is 10.5 Å². The fraction of sp³-hybridized carbons (Fsp3) is 0.0857. The molecular formula is C35H30N6O6S2. The maximum Gasteiger partial charge on any atom is 0.296 e. The molecule has 14 heteroatoms. The Kier molecular flexibility index (Phi) is 8.62. The number of azo groups is 2. The molecule has 0 fully saturated rings. The third-order valence-electron chi connectivity index (χ3n) is 7.89. The van der Waals surface area contributed by atoms with Gasteiger partial charge >= 0.3 is 0 Å². The van der Waals surface area contributed by atoms with E-state index in [1.807, 2.05) is 50.2 Å². The average molecular weight is 695 g/mol. The minimum absolute atomic E-state index is 0.00477.